The van der Waals surface area contributed by atoms with E-state index >= 15 is 0 Å². The molecule has 3 heterocycles. The van der Waals surface area contributed by atoms with Crippen molar-refractivity contribution in [1.29, 1.82) is 0 Å². The molecule has 0 N–H and O–H groups in total. The number of likely N-dealkylation sites (tertiary alicyclic amines) is 1. The van der Waals surface area contributed by atoms with E-state index in [-0.39, 0.29) is 5.91 Å². The van der Waals surface area contributed by atoms with E-state index in [4.69, 9.17) is 14.2 Å². The maximum absolute atomic E-state index is 12.7. The van der Waals surface area contributed by atoms with Crippen LogP contribution in [-0.4, -0.2) is 73.9 Å². The zero-order valence-corrected chi connectivity index (χ0v) is 18.5. The molecule has 2 atom stereocenters. The van der Waals surface area contributed by atoms with Crippen molar-refractivity contribution in [2.24, 2.45) is 5.92 Å². The van der Waals surface area contributed by atoms with Crippen molar-refractivity contribution < 1.29 is 19.0 Å². The zero-order chi connectivity index (χ0) is 20.9. The number of ether oxygens (including phenoxy) is 3. The molecule has 4 rings (SSSR count). The van der Waals surface area contributed by atoms with E-state index in [1.165, 1.54) is 0 Å². The summed E-state index contributed by atoms with van der Waals surface area (Å²) in [5.74, 6) is 2.58. The topological polar surface area (TPSA) is 51.2 Å². The quantitative estimate of drug-likeness (QED) is 0.738. The van der Waals surface area contributed by atoms with Gasteiger partial charge in [0.05, 0.1) is 25.4 Å². The Morgan fingerprint density at radius 1 is 1.03 bits per heavy atom. The normalized spacial score (nSPS) is 25.7. The number of benzene rings is 1. The molecule has 0 radical (unpaired) electrons. The first kappa shape index (κ1) is 21.4. The van der Waals surface area contributed by atoms with Gasteiger partial charge in [0.1, 0.15) is 0 Å². The highest BCUT2D eigenvalue weighted by molar-refractivity contribution is 5.76. The number of hydrogen-bond donors (Lipinski definition) is 0. The predicted molar refractivity (Wildman–Crippen MR) is 116 cm³/mol. The Morgan fingerprint density at radius 2 is 1.73 bits per heavy atom. The van der Waals surface area contributed by atoms with E-state index in [0.29, 0.717) is 37.8 Å². The SMILES string of the molecule is CC1CN(CC2CCN(C(=O)CCc3ccc4c(c3)OCCCO4)CC2)CC(C)O1. The molecular formula is C24H36N2O4. The number of nitrogens with zero attached hydrogens (tertiary/aromatic N) is 2. The second-order valence-electron chi connectivity index (χ2n) is 9.13. The van der Waals surface area contributed by atoms with Crippen LogP contribution in [-0.2, 0) is 16.0 Å². The number of carbonyl (C=O) groups excluding carboxylic acids is 1. The summed E-state index contributed by atoms with van der Waals surface area (Å²) in [5, 5.41) is 0. The van der Waals surface area contributed by atoms with Crippen LogP contribution in [0.2, 0.25) is 0 Å². The van der Waals surface area contributed by atoms with Crippen LogP contribution in [0.3, 0.4) is 0 Å². The second kappa shape index (κ2) is 10.0. The number of aryl methyl sites for hydroxylation is 1. The molecule has 0 saturated carbocycles. The Kier molecular flexibility index (Phi) is 7.16. The number of amides is 1. The summed E-state index contributed by atoms with van der Waals surface area (Å²) in [6.07, 6.45) is 5.07. The number of fused-ring (bicyclic) bond motifs is 1. The van der Waals surface area contributed by atoms with Crippen LogP contribution in [0.5, 0.6) is 11.5 Å². The summed E-state index contributed by atoms with van der Waals surface area (Å²) in [4.78, 5) is 17.3. The van der Waals surface area contributed by atoms with Gasteiger partial charge < -0.3 is 19.1 Å². The van der Waals surface area contributed by atoms with Gasteiger partial charge in [0.2, 0.25) is 5.91 Å². The Morgan fingerprint density at radius 3 is 2.47 bits per heavy atom. The number of piperidine rings is 1. The third-order valence-electron chi connectivity index (χ3n) is 6.42. The molecule has 3 aliphatic heterocycles. The minimum Gasteiger partial charge on any atom is -0.490 e. The van der Waals surface area contributed by atoms with Crippen LogP contribution >= 0.6 is 0 Å². The summed E-state index contributed by atoms with van der Waals surface area (Å²) in [5.41, 5.74) is 1.14. The number of hydrogen-bond acceptors (Lipinski definition) is 5. The maximum Gasteiger partial charge on any atom is 0.222 e. The maximum atomic E-state index is 12.7. The van der Waals surface area contributed by atoms with E-state index in [1.807, 2.05) is 12.1 Å². The van der Waals surface area contributed by atoms with Gasteiger partial charge in [-0.15, -0.1) is 0 Å². The van der Waals surface area contributed by atoms with Crippen LogP contribution in [0.1, 0.15) is 45.1 Å². The molecule has 2 fully saturated rings. The first-order valence-corrected chi connectivity index (χ1v) is 11.6. The molecule has 0 bridgehead atoms. The molecule has 6 heteroatoms. The van der Waals surface area contributed by atoms with Gasteiger partial charge >= 0.3 is 0 Å². The molecule has 3 aliphatic rings. The van der Waals surface area contributed by atoms with Crippen LogP contribution in [0.25, 0.3) is 0 Å². The van der Waals surface area contributed by atoms with E-state index < -0.39 is 0 Å². The van der Waals surface area contributed by atoms with Gasteiger partial charge in [0.25, 0.3) is 0 Å². The Hall–Kier alpha value is -1.79. The first-order valence-electron chi connectivity index (χ1n) is 11.6. The summed E-state index contributed by atoms with van der Waals surface area (Å²) in [6, 6.07) is 6.06. The van der Waals surface area contributed by atoms with Gasteiger partial charge in [-0.2, -0.15) is 0 Å². The van der Waals surface area contributed by atoms with Crippen molar-refractivity contribution in [3.05, 3.63) is 23.8 Å². The highest BCUT2D eigenvalue weighted by atomic mass is 16.5. The van der Waals surface area contributed by atoms with Crippen molar-refractivity contribution in [2.75, 3.05) is 45.9 Å². The zero-order valence-electron chi connectivity index (χ0n) is 18.5. The molecule has 2 saturated heterocycles. The first-order chi connectivity index (χ1) is 14.6. The van der Waals surface area contributed by atoms with Crippen LogP contribution in [0.4, 0.5) is 0 Å². The lowest BCUT2D eigenvalue weighted by molar-refractivity contribution is -0.132. The van der Waals surface area contributed by atoms with Crippen molar-refractivity contribution in [3.8, 4) is 11.5 Å². The third kappa shape index (κ3) is 5.67. The summed E-state index contributed by atoms with van der Waals surface area (Å²) >= 11 is 0. The molecule has 2 unspecified atom stereocenters. The summed E-state index contributed by atoms with van der Waals surface area (Å²) in [6.45, 7) is 10.7. The molecule has 0 aliphatic carbocycles. The predicted octanol–water partition coefficient (Wildman–Crippen LogP) is 3.13. The highest BCUT2D eigenvalue weighted by Gasteiger charge is 2.27. The van der Waals surface area contributed by atoms with Crippen molar-refractivity contribution in [3.63, 3.8) is 0 Å². The molecule has 0 aromatic heterocycles. The van der Waals surface area contributed by atoms with Crippen molar-refractivity contribution in [1.82, 2.24) is 9.80 Å². The fourth-order valence-electron chi connectivity index (χ4n) is 4.94. The summed E-state index contributed by atoms with van der Waals surface area (Å²) in [7, 11) is 0. The van der Waals surface area contributed by atoms with Gasteiger partial charge in [-0.05, 0) is 56.7 Å². The molecule has 1 aromatic rings. The fourth-order valence-corrected chi connectivity index (χ4v) is 4.94. The summed E-state index contributed by atoms with van der Waals surface area (Å²) < 4.78 is 17.3. The Bertz CT molecular complexity index is 707. The molecule has 1 amide bonds. The Balaban J connectivity index is 1.21. The van der Waals surface area contributed by atoms with Crippen molar-refractivity contribution >= 4 is 5.91 Å². The lowest BCUT2D eigenvalue weighted by Gasteiger charge is -2.39. The minimum absolute atomic E-state index is 0.272. The molecule has 166 valence electrons. The van der Waals surface area contributed by atoms with Gasteiger partial charge in [-0.1, -0.05) is 6.07 Å². The van der Waals surface area contributed by atoms with Gasteiger partial charge in [-0.25, -0.2) is 0 Å². The smallest absolute Gasteiger partial charge is 0.222 e. The van der Waals surface area contributed by atoms with Crippen LogP contribution < -0.4 is 9.47 Å². The Labute approximate surface area is 180 Å². The number of carbonyl (C=O) groups is 1. The lowest BCUT2D eigenvalue weighted by Crippen LogP contribution is -2.48. The van der Waals surface area contributed by atoms with E-state index in [2.05, 4.69) is 29.7 Å². The lowest BCUT2D eigenvalue weighted by atomic mass is 9.95. The highest BCUT2D eigenvalue weighted by Crippen LogP contribution is 2.31. The van der Waals surface area contributed by atoms with Crippen LogP contribution in [0.15, 0.2) is 18.2 Å². The standard InChI is InChI=1S/C24H36N2O4/c1-18-15-25(16-19(2)30-18)17-21-8-10-26(11-9-21)24(27)7-5-20-4-6-22-23(14-20)29-13-3-12-28-22/h4,6,14,18-19,21H,3,5,7-13,15-17H2,1-2H3. The largest absolute Gasteiger partial charge is 0.490 e. The van der Waals surface area contributed by atoms with E-state index in [0.717, 1.165) is 75.5 Å². The minimum atomic E-state index is 0.272. The monoisotopic (exact) mass is 416 g/mol. The van der Waals surface area contributed by atoms with E-state index in [1.54, 1.807) is 0 Å². The fraction of sp³-hybridized carbons (Fsp3) is 0.708. The average Bonchev–Trinajstić information content (AvgIpc) is 2.97. The number of morpholine rings is 1. The van der Waals surface area contributed by atoms with Gasteiger partial charge in [-0.3, -0.25) is 9.69 Å². The average molecular weight is 417 g/mol. The van der Waals surface area contributed by atoms with Crippen molar-refractivity contribution in [2.45, 2.75) is 58.2 Å². The van der Waals surface area contributed by atoms with Crippen LogP contribution in [0, 0.1) is 5.92 Å². The van der Waals surface area contributed by atoms with Gasteiger partial charge in [0, 0.05) is 45.6 Å². The molecule has 1 aromatic carbocycles. The third-order valence-corrected chi connectivity index (χ3v) is 6.42. The molecular weight excluding hydrogens is 380 g/mol. The molecule has 30 heavy (non-hydrogen) atoms. The molecule has 6 nitrogen and oxygen atoms in total. The van der Waals surface area contributed by atoms with E-state index in [9.17, 15) is 4.79 Å². The molecule has 0 spiro atoms. The second-order valence-corrected chi connectivity index (χ2v) is 9.13. The van der Waals surface area contributed by atoms with Gasteiger partial charge in [0.15, 0.2) is 11.5 Å². The number of rotatable bonds is 5.